The second kappa shape index (κ2) is 33.5. The van der Waals surface area contributed by atoms with Gasteiger partial charge in [-0.25, -0.2) is 9.59 Å². The van der Waals surface area contributed by atoms with Crippen molar-refractivity contribution in [3.63, 3.8) is 0 Å². The van der Waals surface area contributed by atoms with Crippen LogP contribution in [0, 0.1) is 0 Å². The van der Waals surface area contributed by atoms with Crippen LogP contribution in [0.15, 0.2) is 24.3 Å². The Morgan fingerprint density at radius 1 is 0.545 bits per heavy atom. The number of rotatable bonds is 32. The van der Waals surface area contributed by atoms with Crippen molar-refractivity contribution in [2.75, 3.05) is 85.7 Å². The second-order valence-electron chi connectivity index (χ2n) is 16.4. The maximum Gasteiger partial charge on any atom is 0.407 e. The molecule has 6 unspecified atom stereocenters. The zero-order chi connectivity index (χ0) is 47.0. The fourth-order valence-corrected chi connectivity index (χ4v) is 7.66. The van der Waals surface area contributed by atoms with E-state index in [2.05, 4.69) is 45.6 Å². The first-order chi connectivity index (χ1) is 32.2. The molecule has 66 heavy (non-hydrogen) atoms. The van der Waals surface area contributed by atoms with E-state index in [0.717, 1.165) is 51.4 Å². The van der Waals surface area contributed by atoms with Gasteiger partial charge in [-0.1, -0.05) is 24.3 Å². The highest BCUT2D eigenvalue weighted by Gasteiger charge is 2.37. The number of ether oxygens (including phenoxy) is 10. The Bertz CT molecular complexity index is 1440. The van der Waals surface area contributed by atoms with Gasteiger partial charge in [-0.2, -0.15) is 0 Å². The topological polar surface area (TPSA) is 272 Å². The van der Waals surface area contributed by atoms with Crippen LogP contribution in [0.5, 0.6) is 0 Å². The van der Waals surface area contributed by atoms with Gasteiger partial charge in [-0.3, -0.25) is 14.4 Å². The molecular weight excluding hydrogens is 867 g/mol. The molecular formula is C45H75N5O16. The number of hydrogen-bond acceptors (Lipinski definition) is 16. The summed E-state index contributed by atoms with van der Waals surface area (Å²) in [6.07, 6.45) is 15.0. The summed E-state index contributed by atoms with van der Waals surface area (Å²) in [4.78, 5) is 63.3. The molecule has 21 nitrogen and oxygen atoms in total. The first-order valence-electron chi connectivity index (χ1n) is 23.8. The van der Waals surface area contributed by atoms with Gasteiger partial charge in [0.05, 0.1) is 83.7 Å². The van der Waals surface area contributed by atoms with Crippen LogP contribution in [0.3, 0.4) is 0 Å². The average Bonchev–Trinajstić information content (AvgIpc) is 3.86. The number of nitrogens with two attached hydrogens (primary N) is 1. The Morgan fingerprint density at radius 3 is 1.50 bits per heavy atom. The van der Waals surface area contributed by atoms with E-state index in [-0.39, 0.29) is 83.4 Å². The summed E-state index contributed by atoms with van der Waals surface area (Å²) >= 11 is 0. The molecule has 21 heteroatoms. The van der Waals surface area contributed by atoms with Gasteiger partial charge in [0.25, 0.3) is 0 Å². The summed E-state index contributed by atoms with van der Waals surface area (Å²) in [6.45, 7) is 2.88. The van der Waals surface area contributed by atoms with Gasteiger partial charge < -0.3 is 79.5 Å². The summed E-state index contributed by atoms with van der Waals surface area (Å²) < 4.78 is 56.4. The first-order valence-corrected chi connectivity index (χ1v) is 23.8. The van der Waals surface area contributed by atoms with Gasteiger partial charge in [0, 0.05) is 13.1 Å². The van der Waals surface area contributed by atoms with Crippen LogP contribution in [0.25, 0.3) is 0 Å². The molecule has 0 aromatic rings. The monoisotopic (exact) mass is 942 g/mol. The summed E-state index contributed by atoms with van der Waals surface area (Å²) in [7, 11) is 0. The Kier molecular flexibility index (Phi) is 27.8. The van der Waals surface area contributed by atoms with Crippen molar-refractivity contribution >= 4 is 30.0 Å². The van der Waals surface area contributed by atoms with E-state index in [9.17, 15) is 24.0 Å². The molecule has 7 N–H and O–H groups in total. The van der Waals surface area contributed by atoms with Crippen LogP contribution in [-0.2, 0) is 61.8 Å². The van der Waals surface area contributed by atoms with Crippen molar-refractivity contribution in [3.8, 4) is 0 Å². The SMILES string of the molecule is NCCCCC(NC(=O)C(CCCCNC(=O)OCC1OC2CC/C=C/CCC2O1)NC(=O)OCC1OC2CC/C=C/CCC2O1)C(=O)NCCOCCOCCOCCOCCC(=O)O. The van der Waals surface area contributed by atoms with Gasteiger partial charge >= 0.3 is 18.2 Å². The van der Waals surface area contributed by atoms with Crippen LogP contribution < -0.4 is 27.0 Å². The van der Waals surface area contributed by atoms with E-state index >= 15 is 0 Å². The number of alkyl carbamates (subject to hydrolysis) is 2. The van der Waals surface area contributed by atoms with Gasteiger partial charge in [0.2, 0.25) is 11.8 Å². The van der Waals surface area contributed by atoms with Crippen LogP contribution in [0.4, 0.5) is 9.59 Å². The van der Waals surface area contributed by atoms with Crippen LogP contribution in [0.2, 0.25) is 0 Å². The molecule has 2 fully saturated rings. The lowest BCUT2D eigenvalue weighted by atomic mass is 10.0. The molecule has 2 heterocycles. The Balaban J connectivity index is 1.18. The Morgan fingerprint density at radius 2 is 1.00 bits per heavy atom. The lowest BCUT2D eigenvalue weighted by molar-refractivity contribution is -0.138. The third kappa shape index (κ3) is 23.2. The summed E-state index contributed by atoms with van der Waals surface area (Å²) in [5.74, 6) is -1.90. The molecule has 376 valence electrons. The third-order valence-corrected chi connectivity index (χ3v) is 11.1. The molecule has 4 amide bonds. The minimum absolute atomic E-state index is 0.0206. The number of unbranched alkanes of at least 4 members (excludes halogenated alkanes) is 2. The van der Waals surface area contributed by atoms with E-state index in [4.69, 9.17) is 58.2 Å². The molecule has 4 rings (SSSR count). The number of amides is 4. The van der Waals surface area contributed by atoms with E-state index in [1.807, 2.05) is 0 Å². The van der Waals surface area contributed by atoms with E-state index in [0.29, 0.717) is 71.7 Å². The van der Waals surface area contributed by atoms with Gasteiger partial charge in [0.15, 0.2) is 12.6 Å². The number of allylic oxidation sites excluding steroid dienone is 4. The number of carbonyl (C=O) groups excluding carboxylic acids is 4. The van der Waals surface area contributed by atoms with Gasteiger partial charge in [0.1, 0.15) is 25.3 Å². The van der Waals surface area contributed by atoms with Crippen molar-refractivity contribution < 1.29 is 76.4 Å². The lowest BCUT2D eigenvalue weighted by Crippen LogP contribution is -2.54. The zero-order valence-electron chi connectivity index (χ0n) is 38.4. The fourth-order valence-electron chi connectivity index (χ4n) is 7.66. The second-order valence-corrected chi connectivity index (χ2v) is 16.4. The Hall–Kier alpha value is -3.93. The molecule has 2 aliphatic carbocycles. The normalized spacial score (nSPS) is 24.4. The molecule has 0 saturated carbocycles. The van der Waals surface area contributed by atoms with E-state index in [1.54, 1.807) is 0 Å². The van der Waals surface area contributed by atoms with Crippen molar-refractivity contribution in [1.82, 2.24) is 21.3 Å². The highest BCUT2D eigenvalue weighted by atomic mass is 16.8. The largest absolute Gasteiger partial charge is 0.481 e. The molecule has 0 bridgehead atoms. The van der Waals surface area contributed by atoms with Crippen molar-refractivity contribution in [3.05, 3.63) is 24.3 Å². The van der Waals surface area contributed by atoms with Crippen molar-refractivity contribution in [1.29, 1.82) is 0 Å². The first kappa shape index (κ1) is 54.7. The van der Waals surface area contributed by atoms with E-state index in [1.165, 1.54) is 0 Å². The quantitative estimate of drug-likeness (QED) is 0.0418. The number of aliphatic carboxylic acids is 1. The number of fused-ring (bicyclic) bond motifs is 2. The number of carboxylic acid groups (broad SMARTS) is 1. The molecule has 0 radical (unpaired) electrons. The molecule has 6 atom stereocenters. The van der Waals surface area contributed by atoms with Gasteiger partial charge in [-0.15, -0.1) is 0 Å². The molecule has 0 spiro atoms. The molecule has 2 aliphatic heterocycles. The van der Waals surface area contributed by atoms with Crippen molar-refractivity contribution in [2.24, 2.45) is 5.73 Å². The maximum absolute atomic E-state index is 13.8. The zero-order valence-corrected chi connectivity index (χ0v) is 38.4. The summed E-state index contributed by atoms with van der Waals surface area (Å²) in [5, 5.41) is 19.6. The van der Waals surface area contributed by atoms with Crippen molar-refractivity contribution in [2.45, 2.75) is 145 Å². The standard InChI is InChI=1S/C45H75N5O16/c46-20-11-9-13-33(42(53)47-22-24-58-26-28-60-30-29-59-27-25-57-23-19-39(51)52)49-43(54)34(50-45(56)62-32-41-65-37-17-7-3-4-8-18-38(37)66-41)14-10-12-21-48-44(55)61-31-40-63-35-15-5-1-2-6-16-36(35)64-40/h1-4,33-38,40-41H,5-32,46H2,(H,47,53)(H,48,55)(H,49,54)(H,50,56)(H,51,52)/b2-1+,4-3+. The minimum atomic E-state index is -1.07. The van der Waals surface area contributed by atoms with Crippen LogP contribution >= 0.6 is 0 Å². The van der Waals surface area contributed by atoms with Crippen LogP contribution in [-0.4, -0.2) is 170 Å². The number of hydrogen-bond donors (Lipinski definition) is 6. The molecule has 2 saturated heterocycles. The summed E-state index contributed by atoms with van der Waals surface area (Å²) in [5.41, 5.74) is 5.72. The molecule has 0 aromatic heterocycles. The van der Waals surface area contributed by atoms with Gasteiger partial charge in [-0.05, 0) is 96.4 Å². The average molecular weight is 942 g/mol. The summed E-state index contributed by atoms with van der Waals surface area (Å²) in [6, 6.07) is -1.99. The third-order valence-electron chi connectivity index (χ3n) is 11.1. The predicted molar refractivity (Wildman–Crippen MR) is 237 cm³/mol. The number of carboxylic acids is 1. The minimum Gasteiger partial charge on any atom is -0.481 e. The smallest absolute Gasteiger partial charge is 0.407 e. The highest BCUT2D eigenvalue weighted by molar-refractivity contribution is 5.91. The molecule has 0 aromatic carbocycles. The van der Waals surface area contributed by atoms with E-state index < -0.39 is 54.6 Å². The fraction of sp³-hybridized carbons (Fsp3) is 0.800. The number of nitrogens with one attached hydrogen (secondary N) is 4. The Labute approximate surface area is 388 Å². The molecule has 4 aliphatic rings. The number of carbonyl (C=O) groups is 5. The lowest BCUT2D eigenvalue weighted by Gasteiger charge is -2.23. The van der Waals surface area contributed by atoms with Crippen LogP contribution in [0.1, 0.15) is 96.3 Å². The maximum atomic E-state index is 13.8. The predicted octanol–water partition coefficient (Wildman–Crippen LogP) is 2.73. The highest BCUT2D eigenvalue weighted by Crippen LogP contribution is 2.29.